The summed E-state index contributed by atoms with van der Waals surface area (Å²) >= 11 is 1.41. The van der Waals surface area contributed by atoms with Crippen molar-refractivity contribution in [1.29, 1.82) is 0 Å². The number of furan rings is 1. The molecule has 0 spiro atoms. The van der Waals surface area contributed by atoms with Crippen LogP contribution in [0, 0.1) is 10.1 Å². The number of hydrogen-bond acceptors (Lipinski definition) is 5. The molecule has 0 aliphatic carbocycles. The molecular formula is C14H16N2O3S. The van der Waals surface area contributed by atoms with Crippen molar-refractivity contribution < 1.29 is 9.34 Å². The zero-order valence-corrected chi connectivity index (χ0v) is 11.8. The molecule has 20 heavy (non-hydrogen) atoms. The van der Waals surface area contributed by atoms with E-state index in [1.54, 1.807) is 24.5 Å². The number of nitrogens with two attached hydrogens (primary N) is 1. The Labute approximate surface area is 121 Å². The molecule has 0 fully saturated rings. The molecule has 1 aromatic heterocycles. The van der Waals surface area contributed by atoms with Crippen molar-refractivity contribution in [1.82, 2.24) is 0 Å². The van der Waals surface area contributed by atoms with Crippen LogP contribution in [-0.4, -0.2) is 11.5 Å². The molecule has 6 heteroatoms. The van der Waals surface area contributed by atoms with Crippen molar-refractivity contribution in [3.05, 3.63) is 58.0 Å². The number of nitro groups is 1. The fourth-order valence-corrected chi connectivity index (χ4v) is 2.74. The third-order valence-corrected chi connectivity index (χ3v) is 3.92. The van der Waals surface area contributed by atoms with Crippen molar-refractivity contribution in [3.8, 4) is 0 Å². The molecule has 5 nitrogen and oxygen atoms in total. The van der Waals surface area contributed by atoms with Gasteiger partial charge in [0.05, 0.1) is 21.8 Å². The highest BCUT2D eigenvalue weighted by molar-refractivity contribution is 7.98. The molecule has 106 valence electrons. The van der Waals surface area contributed by atoms with E-state index in [-0.39, 0.29) is 10.6 Å². The molecule has 0 unspecified atom stereocenters. The number of aryl methyl sites for hydroxylation is 1. The van der Waals surface area contributed by atoms with Crippen LogP contribution in [0.15, 0.2) is 45.9 Å². The van der Waals surface area contributed by atoms with Gasteiger partial charge < -0.3 is 10.2 Å². The van der Waals surface area contributed by atoms with Crippen LogP contribution < -0.4 is 5.73 Å². The number of thioether (sulfide) groups is 1. The van der Waals surface area contributed by atoms with E-state index < -0.39 is 0 Å². The Morgan fingerprint density at radius 2 is 2.20 bits per heavy atom. The van der Waals surface area contributed by atoms with Crippen LogP contribution in [0.1, 0.15) is 17.7 Å². The molecule has 0 aliphatic heterocycles. The molecule has 0 saturated carbocycles. The first-order valence-electron chi connectivity index (χ1n) is 6.33. The van der Waals surface area contributed by atoms with Gasteiger partial charge in [-0.1, -0.05) is 6.07 Å². The van der Waals surface area contributed by atoms with E-state index in [0.29, 0.717) is 17.2 Å². The predicted octanol–water partition coefficient (Wildman–Crippen LogP) is 3.37. The summed E-state index contributed by atoms with van der Waals surface area (Å²) in [7, 11) is 0. The summed E-state index contributed by atoms with van der Waals surface area (Å²) in [6, 6.07) is 9.03. The molecule has 0 aliphatic rings. The second-order valence-electron chi connectivity index (χ2n) is 4.32. The lowest BCUT2D eigenvalue weighted by Crippen LogP contribution is -2.01. The Bertz CT molecular complexity index is 570. The topological polar surface area (TPSA) is 82.3 Å². The van der Waals surface area contributed by atoms with E-state index in [4.69, 9.17) is 10.2 Å². The van der Waals surface area contributed by atoms with Gasteiger partial charge in [-0.25, -0.2) is 0 Å². The van der Waals surface area contributed by atoms with Gasteiger partial charge in [0.15, 0.2) is 0 Å². The van der Waals surface area contributed by atoms with Gasteiger partial charge in [0.2, 0.25) is 0 Å². The smallest absolute Gasteiger partial charge is 0.283 e. The molecule has 1 aromatic carbocycles. The lowest BCUT2D eigenvalue weighted by atomic mass is 10.1. The Morgan fingerprint density at radius 3 is 2.85 bits per heavy atom. The molecule has 1 heterocycles. The first-order valence-corrected chi connectivity index (χ1v) is 7.32. The van der Waals surface area contributed by atoms with Crippen LogP contribution in [0.4, 0.5) is 5.69 Å². The molecule has 2 rings (SSSR count). The van der Waals surface area contributed by atoms with Crippen molar-refractivity contribution in [2.45, 2.75) is 23.5 Å². The Balaban J connectivity index is 2.12. The second-order valence-corrected chi connectivity index (χ2v) is 5.34. The second kappa shape index (κ2) is 7.12. The van der Waals surface area contributed by atoms with Gasteiger partial charge in [-0.3, -0.25) is 10.1 Å². The summed E-state index contributed by atoms with van der Waals surface area (Å²) in [5.41, 5.74) is 6.56. The van der Waals surface area contributed by atoms with Gasteiger partial charge in [0.1, 0.15) is 5.76 Å². The van der Waals surface area contributed by atoms with Crippen molar-refractivity contribution >= 4 is 17.4 Å². The third kappa shape index (κ3) is 3.85. The number of nitro benzene ring substituents is 1. The maximum absolute atomic E-state index is 11.2. The van der Waals surface area contributed by atoms with E-state index in [2.05, 4.69) is 0 Å². The maximum atomic E-state index is 11.2. The summed E-state index contributed by atoms with van der Waals surface area (Å²) in [4.78, 5) is 11.5. The van der Waals surface area contributed by atoms with Gasteiger partial charge in [0, 0.05) is 6.07 Å². The van der Waals surface area contributed by atoms with Crippen LogP contribution in [0.3, 0.4) is 0 Å². The lowest BCUT2D eigenvalue weighted by Gasteiger charge is -2.05. The molecule has 0 atom stereocenters. The number of nitrogens with zero attached hydrogens (tertiary/aromatic N) is 1. The molecular weight excluding hydrogens is 276 g/mol. The van der Waals surface area contributed by atoms with E-state index in [1.165, 1.54) is 11.8 Å². The van der Waals surface area contributed by atoms with Crippen LogP contribution in [-0.2, 0) is 12.2 Å². The van der Waals surface area contributed by atoms with Gasteiger partial charge >= 0.3 is 0 Å². The van der Waals surface area contributed by atoms with Crippen molar-refractivity contribution in [2.24, 2.45) is 5.73 Å². The van der Waals surface area contributed by atoms with E-state index in [9.17, 15) is 10.1 Å². The van der Waals surface area contributed by atoms with Gasteiger partial charge in [0.25, 0.3) is 5.69 Å². The number of hydrogen-bond donors (Lipinski definition) is 1. The lowest BCUT2D eigenvalue weighted by molar-refractivity contribution is -0.387. The van der Waals surface area contributed by atoms with E-state index >= 15 is 0 Å². The first kappa shape index (κ1) is 14.6. The van der Waals surface area contributed by atoms with Crippen molar-refractivity contribution in [3.63, 3.8) is 0 Å². The van der Waals surface area contributed by atoms with Crippen molar-refractivity contribution in [2.75, 3.05) is 6.54 Å². The minimum atomic E-state index is -0.337. The largest absolute Gasteiger partial charge is 0.468 e. The number of rotatable bonds is 7. The fraction of sp³-hybridized carbons (Fsp3) is 0.286. The first-order chi connectivity index (χ1) is 9.70. The van der Waals surface area contributed by atoms with E-state index in [1.807, 2.05) is 12.1 Å². The van der Waals surface area contributed by atoms with E-state index in [0.717, 1.165) is 24.2 Å². The van der Waals surface area contributed by atoms with Crippen LogP contribution in [0.5, 0.6) is 0 Å². The maximum Gasteiger partial charge on any atom is 0.283 e. The summed E-state index contributed by atoms with van der Waals surface area (Å²) in [6.45, 7) is 0.586. The minimum Gasteiger partial charge on any atom is -0.468 e. The number of benzene rings is 1. The average Bonchev–Trinajstić information content (AvgIpc) is 2.96. The summed E-state index contributed by atoms with van der Waals surface area (Å²) in [6.07, 6.45) is 3.19. The Hall–Kier alpha value is -1.79. The standard InChI is InChI=1S/C14H16N2O3S/c15-7-1-3-11-5-6-14(13(9-11)16(17)18)20-10-12-4-2-8-19-12/h2,4-6,8-9H,1,3,7,10,15H2. The summed E-state index contributed by atoms with van der Waals surface area (Å²) in [5.74, 6) is 1.38. The predicted molar refractivity (Wildman–Crippen MR) is 78.7 cm³/mol. The molecule has 0 amide bonds. The van der Waals surface area contributed by atoms with Gasteiger partial charge in [-0.05, 0) is 43.1 Å². The highest BCUT2D eigenvalue weighted by atomic mass is 32.2. The molecule has 0 bridgehead atoms. The Morgan fingerprint density at radius 1 is 1.35 bits per heavy atom. The zero-order valence-electron chi connectivity index (χ0n) is 11.0. The molecule has 2 aromatic rings. The minimum absolute atomic E-state index is 0.149. The van der Waals surface area contributed by atoms with Crippen LogP contribution in [0.2, 0.25) is 0 Å². The SMILES string of the molecule is NCCCc1ccc(SCc2ccco2)c([N+](=O)[O-])c1. The quantitative estimate of drug-likeness (QED) is 0.480. The highest BCUT2D eigenvalue weighted by Gasteiger charge is 2.15. The summed E-state index contributed by atoms with van der Waals surface area (Å²) < 4.78 is 5.23. The molecule has 2 N–H and O–H groups in total. The average molecular weight is 292 g/mol. The summed E-state index contributed by atoms with van der Waals surface area (Å²) in [5, 5.41) is 11.2. The van der Waals surface area contributed by atoms with Crippen LogP contribution >= 0.6 is 11.8 Å². The normalized spacial score (nSPS) is 10.7. The van der Waals surface area contributed by atoms with Crippen LogP contribution in [0.25, 0.3) is 0 Å². The molecule has 0 radical (unpaired) electrons. The Kier molecular flexibility index (Phi) is 5.20. The third-order valence-electron chi connectivity index (χ3n) is 2.84. The zero-order chi connectivity index (χ0) is 14.4. The highest BCUT2D eigenvalue weighted by Crippen LogP contribution is 2.32. The molecule has 0 saturated heterocycles. The monoisotopic (exact) mass is 292 g/mol. The van der Waals surface area contributed by atoms with Gasteiger partial charge in [-0.15, -0.1) is 11.8 Å². The van der Waals surface area contributed by atoms with Gasteiger partial charge in [-0.2, -0.15) is 0 Å². The fourth-order valence-electron chi connectivity index (χ4n) is 1.83.